The van der Waals surface area contributed by atoms with Crippen LogP contribution in [0.2, 0.25) is 0 Å². The van der Waals surface area contributed by atoms with Gasteiger partial charge in [-0.25, -0.2) is 28.7 Å². The van der Waals surface area contributed by atoms with Crippen molar-refractivity contribution < 1.29 is 38.1 Å². The van der Waals surface area contributed by atoms with E-state index in [-0.39, 0.29) is 41.9 Å². The van der Waals surface area contributed by atoms with E-state index in [1.807, 2.05) is 0 Å². The van der Waals surface area contributed by atoms with Crippen LogP contribution < -0.4 is 10.2 Å². The smallest absolute Gasteiger partial charge is 0.435 e. The lowest BCUT2D eigenvalue weighted by atomic mass is 9.52. The molecule has 0 aromatic carbocycles. The van der Waals surface area contributed by atoms with Crippen molar-refractivity contribution in [3.05, 3.63) is 23.3 Å². The molecule has 2 N–H and O–H groups in total. The number of esters is 1. The molecule has 4 fully saturated rings. The fourth-order valence-electron chi connectivity index (χ4n) is 7.00. The van der Waals surface area contributed by atoms with Crippen LogP contribution in [0.1, 0.15) is 96.8 Å². The summed E-state index contributed by atoms with van der Waals surface area (Å²) in [6, 6.07) is 1.25. The van der Waals surface area contributed by atoms with Gasteiger partial charge >= 0.3 is 18.2 Å². The maximum Gasteiger partial charge on any atom is 0.435 e. The topological polar surface area (TPSA) is 158 Å². The summed E-state index contributed by atoms with van der Waals surface area (Å²) in [6.07, 6.45) is 2.06. The van der Waals surface area contributed by atoms with E-state index >= 15 is 4.39 Å². The zero-order valence-corrected chi connectivity index (χ0v) is 27.1. The molecule has 4 aliphatic rings. The molecule has 1 amide bonds. The first kappa shape index (κ1) is 32.6. The van der Waals surface area contributed by atoms with Gasteiger partial charge in [0.25, 0.3) is 0 Å². The second kappa shape index (κ2) is 11.5. The lowest BCUT2D eigenvalue weighted by Crippen LogP contribution is -2.59. The number of nitrogens with zero attached hydrogens (tertiary/aromatic N) is 5. The van der Waals surface area contributed by atoms with Crippen molar-refractivity contribution in [3.8, 4) is 0 Å². The monoisotopic (exact) mass is 630 g/mol. The molecule has 0 spiro atoms. The van der Waals surface area contributed by atoms with E-state index in [1.165, 1.54) is 6.07 Å². The highest BCUT2D eigenvalue weighted by molar-refractivity contribution is 5.97. The van der Waals surface area contributed by atoms with Gasteiger partial charge in [0.2, 0.25) is 5.95 Å². The van der Waals surface area contributed by atoms with E-state index in [0.717, 1.165) is 28.8 Å². The molecule has 2 aromatic rings. The molecule has 0 aliphatic heterocycles. The average Bonchev–Trinajstić information content (AvgIpc) is 3.26. The average molecular weight is 631 g/mol. The van der Waals surface area contributed by atoms with Crippen LogP contribution in [-0.2, 0) is 14.2 Å². The number of rotatable bonds is 6. The molecule has 4 aliphatic carbocycles. The molecule has 14 heteroatoms. The first-order valence-corrected chi connectivity index (χ1v) is 15.4. The summed E-state index contributed by atoms with van der Waals surface area (Å²) >= 11 is 0. The van der Waals surface area contributed by atoms with E-state index in [4.69, 9.17) is 14.2 Å². The van der Waals surface area contributed by atoms with Gasteiger partial charge in [-0.3, -0.25) is 0 Å². The van der Waals surface area contributed by atoms with Gasteiger partial charge in [0, 0.05) is 12.1 Å². The molecule has 2 atom stereocenters. The Bertz CT molecular complexity index is 1480. The minimum Gasteiger partial charge on any atom is -0.461 e. The lowest BCUT2D eigenvalue weighted by Gasteiger charge is -2.58. The highest BCUT2D eigenvalue weighted by Gasteiger charge is 2.55. The van der Waals surface area contributed by atoms with E-state index in [0.29, 0.717) is 18.8 Å². The minimum absolute atomic E-state index is 0.0393. The summed E-state index contributed by atoms with van der Waals surface area (Å²) in [7, 11) is 0. The Morgan fingerprint density at radius 1 is 1.07 bits per heavy atom. The Morgan fingerprint density at radius 2 is 1.69 bits per heavy atom. The molecular formula is C31H43FN6O7. The van der Waals surface area contributed by atoms with Gasteiger partial charge in [0.1, 0.15) is 11.2 Å². The molecule has 13 nitrogen and oxygen atoms in total. The lowest BCUT2D eigenvalue weighted by molar-refractivity contribution is -0.129. The van der Waals surface area contributed by atoms with Crippen LogP contribution in [0.5, 0.6) is 0 Å². The molecule has 246 valence electrons. The second-order valence-corrected chi connectivity index (χ2v) is 14.5. The molecule has 2 aromatic heterocycles. The van der Waals surface area contributed by atoms with Crippen molar-refractivity contribution >= 4 is 35.7 Å². The number of aryl methyl sites for hydroxylation is 1. The largest absolute Gasteiger partial charge is 0.461 e. The number of anilines is 3. The third-order valence-electron chi connectivity index (χ3n) is 8.30. The first-order chi connectivity index (χ1) is 20.9. The number of aliphatic hydroxyl groups is 1. The van der Waals surface area contributed by atoms with Crippen molar-refractivity contribution in [1.29, 1.82) is 0 Å². The Balaban J connectivity index is 1.60. The summed E-state index contributed by atoms with van der Waals surface area (Å²) in [6.45, 7) is 13.1. The second-order valence-electron chi connectivity index (χ2n) is 14.5. The van der Waals surface area contributed by atoms with Crippen LogP contribution in [0.25, 0.3) is 0 Å². The van der Waals surface area contributed by atoms with Crippen LogP contribution in [0.3, 0.4) is 0 Å². The van der Waals surface area contributed by atoms with Gasteiger partial charge in [-0.05, 0) is 105 Å². The molecule has 6 rings (SSSR count). The predicted octanol–water partition coefficient (Wildman–Crippen LogP) is 5.51. The third kappa shape index (κ3) is 6.90. The Labute approximate surface area is 261 Å². The number of nitrogens with one attached hydrogen (secondary N) is 1. The SMILES string of the molecule is CCOC(=O)c1nc(NC2C3CC4CC2CC(O)(C4)C3)nc(N(C(=O)OC(C)(C)C)c2cc(C)n(C(=O)OC(C)(C)C)n2)c1F. The van der Waals surface area contributed by atoms with Crippen LogP contribution >= 0.6 is 0 Å². The van der Waals surface area contributed by atoms with Gasteiger partial charge in [-0.2, -0.15) is 9.67 Å². The number of ether oxygens (including phenoxy) is 3. The fraction of sp³-hybridized carbons (Fsp3) is 0.677. The van der Waals surface area contributed by atoms with Crippen LogP contribution in [0.4, 0.5) is 31.6 Å². The number of halogens is 1. The number of hydrogen-bond acceptors (Lipinski definition) is 11. The van der Waals surface area contributed by atoms with Gasteiger partial charge in [0.05, 0.1) is 17.9 Å². The van der Waals surface area contributed by atoms with Gasteiger partial charge in [-0.1, -0.05) is 0 Å². The van der Waals surface area contributed by atoms with Crippen molar-refractivity contribution in [3.63, 3.8) is 0 Å². The van der Waals surface area contributed by atoms with Crippen molar-refractivity contribution in [2.75, 3.05) is 16.8 Å². The van der Waals surface area contributed by atoms with E-state index in [1.54, 1.807) is 55.4 Å². The summed E-state index contributed by atoms with van der Waals surface area (Å²) in [5.41, 5.74) is -2.91. The summed E-state index contributed by atoms with van der Waals surface area (Å²) in [4.78, 5) is 49.0. The highest BCUT2D eigenvalue weighted by atomic mass is 19.1. The summed E-state index contributed by atoms with van der Waals surface area (Å²) in [5, 5.41) is 18.6. The number of hydrogen-bond donors (Lipinski definition) is 2. The molecule has 4 saturated carbocycles. The van der Waals surface area contributed by atoms with Crippen molar-refractivity contribution in [2.24, 2.45) is 17.8 Å². The summed E-state index contributed by atoms with van der Waals surface area (Å²) in [5.74, 6) is -2.44. The van der Waals surface area contributed by atoms with Gasteiger partial charge in [-0.15, -0.1) is 5.10 Å². The van der Waals surface area contributed by atoms with Crippen LogP contribution in [0, 0.1) is 30.5 Å². The fourth-order valence-corrected chi connectivity index (χ4v) is 7.00. The standard InChI is InChI=1S/C31H43FN6O7/c1-9-43-25(39)23-21(32)24(35-26(34-23)33-22-18-11-17-12-19(22)15-31(42,13-17)14-18)37(27(40)44-29(3,4)5)20-10-16(2)38(36-20)28(41)45-30(6,7)8/h10,17-19,22,42H,9,11-15H2,1-8H3,(H,33,34,35). The minimum atomic E-state index is -1.23. The number of carbonyl (C=O) groups is 3. The molecule has 4 bridgehead atoms. The van der Waals surface area contributed by atoms with Crippen molar-refractivity contribution in [1.82, 2.24) is 19.7 Å². The maximum atomic E-state index is 16.3. The van der Waals surface area contributed by atoms with Crippen LogP contribution in [-0.4, -0.2) is 72.5 Å². The number of carbonyl (C=O) groups excluding carboxylic acids is 3. The third-order valence-corrected chi connectivity index (χ3v) is 8.30. The van der Waals surface area contributed by atoms with E-state index in [9.17, 15) is 19.5 Å². The molecule has 2 heterocycles. The zero-order chi connectivity index (χ0) is 33.1. The van der Waals surface area contributed by atoms with E-state index < -0.39 is 52.3 Å². The zero-order valence-electron chi connectivity index (χ0n) is 27.1. The quantitative estimate of drug-likeness (QED) is 0.306. The van der Waals surface area contributed by atoms with Gasteiger partial charge < -0.3 is 24.6 Å². The normalized spacial score (nSPS) is 25.6. The molecule has 0 saturated heterocycles. The Kier molecular flexibility index (Phi) is 8.34. The number of amides is 1. The van der Waals surface area contributed by atoms with Crippen molar-refractivity contribution in [2.45, 2.75) is 110 Å². The Hall–Kier alpha value is -3.81. The highest BCUT2D eigenvalue weighted by Crippen LogP contribution is 2.56. The summed E-state index contributed by atoms with van der Waals surface area (Å²) < 4.78 is 33.4. The Morgan fingerprint density at radius 3 is 2.24 bits per heavy atom. The molecule has 0 radical (unpaired) electrons. The predicted molar refractivity (Wildman–Crippen MR) is 161 cm³/mol. The van der Waals surface area contributed by atoms with Gasteiger partial charge in [0.15, 0.2) is 23.1 Å². The molecule has 45 heavy (non-hydrogen) atoms. The van der Waals surface area contributed by atoms with Crippen LogP contribution in [0.15, 0.2) is 6.07 Å². The molecular weight excluding hydrogens is 587 g/mol. The number of aromatic nitrogens is 4. The first-order valence-electron chi connectivity index (χ1n) is 15.4. The van der Waals surface area contributed by atoms with E-state index in [2.05, 4.69) is 20.4 Å². The maximum absolute atomic E-state index is 16.3. The molecule has 2 unspecified atom stereocenters.